The van der Waals surface area contributed by atoms with Crippen molar-refractivity contribution in [3.63, 3.8) is 0 Å². The molecule has 0 unspecified atom stereocenters. The van der Waals surface area contributed by atoms with Crippen molar-refractivity contribution in [1.29, 1.82) is 0 Å². The second kappa shape index (κ2) is 6.11. The van der Waals surface area contributed by atoms with Gasteiger partial charge in [-0.2, -0.15) is 0 Å². The Balaban J connectivity index is 1.69. The van der Waals surface area contributed by atoms with Crippen LogP contribution in [0.4, 0.5) is 4.39 Å². The Labute approximate surface area is 130 Å². The van der Waals surface area contributed by atoms with E-state index in [-0.39, 0.29) is 11.7 Å². The molecule has 2 aromatic heterocycles. The van der Waals surface area contributed by atoms with Crippen LogP contribution >= 0.6 is 11.3 Å². The predicted molar refractivity (Wildman–Crippen MR) is 82.1 cm³/mol. The monoisotopic (exact) mass is 316 g/mol. The van der Waals surface area contributed by atoms with Crippen LogP contribution in [0.1, 0.15) is 20.9 Å². The molecule has 0 fully saturated rings. The Morgan fingerprint density at radius 3 is 2.77 bits per heavy atom. The number of thiazole rings is 1. The maximum atomic E-state index is 12.8. The van der Waals surface area contributed by atoms with Gasteiger partial charge in [0, 0.05) is 10.4 Å². The molecule has 0 saturated heterocycles. The molecule has 3 rings (SSSR count). The molecule has 4 nitrogen and oxygen atoms in total. The van der Waals surface area contributed by atoms with Crippen molar-refractivity contribution in [2.45, 2.75) is 13.5 Å². The maximum absolute atomic E-state index is 12.8. The summed E-state index contributed by atoms with van der Waals surface area (Å²) in [7, 11) is 0. The van der Waals surface area contributed by atoms with Crippen LogP contribution in [0.2, 0.25) is 0 Å². The molecule has 0 aliphatic carbocycles. The van der Waals surface area contributed by atoms with Crippen LogP contribution in [0.15, 0.2) is 47.1 Å². The summed E-state index contributed by atoms with van der Waals surface area (Å²) in [5.74, 6) is 0.106. The highest BCUT2D eigenvalue weighted by Crippen LogP contribution is 2.28. The van der Waals surface area contributed by atoms with Crippen molar-refractivity contribution < 1.29 is 13.6 Å². The summed E-state index contributed by atoms with van der Waals surface area (Å²) in [6.07, 6.45) is 1.60. The van der Waals surface area contributed by atoms with Crippen LogP contribution in [0.25, 0.3) is 10.8 Å². The summed E-state index contributed by atoms with van der Waals surface area (Å²) >= 11 is 1.48. The number of hydrogen-bond acceptors (Lipinski definition) is 4. The molecule has 22 heavy (non-hydrogen) atoms. The van der Waals surface area contributed by atoms with Gasteiger partial charge in [0.05, 0.1) is 18.5 Å². The molecular weight excluding hydrogens is 303 g/mol. The fraction of sp³-hybridized carbons (Fsp3) is 0.125. The fourth-order valence-electron chi connectivity index (χ4n) is 1.96. The minimum absolute atomic E-state index is 0.243. The Hall–Kier alpha value is -2.47. The predicted octanol–water partition coefficient (Wildman–Crippen LogP) is 3.78. The average Bonchev–Trinajstić information content (AvgIpc) is 3.15. The van der Waals surface area contributed by atoms with E-state index in [0.29, 0.717) is 17.9 Å². The minimum atomic E-state index is -0.363. The number of rotatable bonds is 4. The zero-order valence-electron chi connectivity index (χ0n) is 11.8. The standard InChI is InChI=1S/C16H13FN2O2S/c1-10-14(22-16(19-10)13-3-2-8-21-13)9-18-15(20)11-4-6-12(17)7-5-11/h2-8H,9H2,1H3,(H,18,20). The molecule has 0 aliphatic heterocycles. The van der Waals surface area contributed by atoms with E-state index in [1.54, 1.807) is 6.26 Å². The van der Waals surface area contributed by atoms with E-state index in [1.807, 2.05) is 19.1 Å². The molecule has 0 saturated carbocycles. The largest absolute Gasteiger partial charge is 0.462 e. The third-order valence-electron chi connectivity index (χ3n) is 3.14. The van der Waals surface area contributed by atoms with Crippen LogP contribution in [-0.4, -0.2) is 10.9 Å². The third-order valence-corrected chi connectivity index (χ3v) is 4.31. The number of furan rings is 1. The van der Waals surface area contributed by atoms with Gasteiger partial charge in [-0.1, -0.05) is 0 Å². The fourth-order valence-corrected chi connectivity index (χ4v) is 2.93. The summed E-state index contributed by atoms with van der Waals surface area (Å²) in [4.78, 5) is 17.4. The number of carbonyl (C=O) groups excluding carboxylic acids is 1. The van der Waals surface area contributed by atoms with Crippen molar-refractivity contribution in [2.24, 2.45) is 0 Å². The zero-order valence-corrected chi connectivity index (χ0v) is 12.6. The quantitative estimate of drug-likeness (QED) is 0.797. The Kier molecular flexibility index (Phi) is 4.02. The lowest BCUT2D eigenvalue weighted by molar-refractivity contribution is 0.0951. The van der Waals surface area contributed by atoms with E-state index >= 15 is 0 Å². The zero-order chi connectivity index (χ0) is 15.5. The van der Waals surface area contributed by atoms with Gasteiger partial charge in [-0.3, -0.25) is 4.79 Å². The lowest BCUT2D eigenvalue weighted by Gasteiger charge is -2.04. The molecule has 3 aromatic rings. The number of nitrogens with zero attached hydrogens (tertiary/aromatic N) is 1. The van der Waals surface area contributed by atoms with Gasteiger partial charge in [0.2, 0.25) is 0 Å². The third kappa shape index (κ3) is 3.07. The Bertz CT molecular complexity index is 779. The molecule has 1 N–H and O–H groups in total. The van der Waals surface area contributed by atoms with Crippen LogP contribution in [0, 0.1) is 12.7 Å². The van der Waals surface area contributed by atoms with Crippen molar-refractivity contribution in [2.75, 3.05) is 0 Å². The van der Waals surface area contributed by atoms with Crippen molar-refractivity contribution in [3.8, 4) is 10.8 Å². The number of nitrogens with one attached hydrogen (secondary N) is 1. The molecule has 2 heterocycles. The smallest absolute Gasteiger partial charge is 0.251 e. The van der Waals surface area contributed by atoms with E-state index in [0.717, 1.165) is 15.6 Å². The van der Waals surface area contributed by atoms with Crippen LogP contribution in [-0.2, 0) is 6.54 Å². The maximum Gasteiger partial charge on any atom is 0.251 e. The highest BCUT2D eigenvalue weighted by atomic mass is 32.1. The second-order valence-electron chi connectivity index (χ2n) is 4.69. The van der Waals surface area contributed by atoms with Crippen molar-refractivity contribution in [3.05, 3.63) is 64.6 Å². The molecule has 0 radical (unpaired) electrons. The van der Waals surface area contributed by atoms with Crippen molar-refractivity contribution in [1.82, 2.24) is 10.3 Å². The molecule has 112 valence electrons. The lowest BCUT2D eigenvalue weighted by atomic mass is 10.2. The topological polar surface area (TPSA) is 55.1 Å². The van der Waals surface area contributed by atoms with Crippen molar-refractivity contribution >= 4 is 17.2 Å². The molecule has 0 bridgehead atoms. The molecule has 0 spiro atoms. The molecule has 1 amide bonds. The number of aromatic nitrogens is 1. The number of halogens is 1. The van der Waals surface area contributed by atoms with Gasteiger partial charge in [0.25, 0.3) is 5.91 Å². The van der Waals surface area contributed by atoms with E-state index in [9.17, 15) is 9.18 Å². The number of benzene rings is 1. The first kappa shape index (κ1) is 14.5. The van der Waals surface area contributed by atoms with Crippen LogP contribution in [0.5, 0.6) is 0 Å². The number of carbonyl (C=O) groups is 1. The average molecular weight is 316 g/mol. The highest BCUT2D eigenvalue weighted by molar-refractivity contribution is 7.15. The number of amides is 1. The first-order valence-electron chi connectivity index (χ1n) is 6.67. The van der Waals surface area contributed by atoms with Gasteiger partial charge in [0.15, 0.2) is 10.8 Å². The van der Waals surface area contributed by atoms with E-state index in [2.05, 4.69) is 10.3 Å². The second-order valence-corrected chi connectivity index (χ2v) is 5.78. The summed E-state index contributed by atoms with van der Waals surface area (Å²) in [6, 6.07) is 9.10. The number of hydrogen-bond donors (Lipinski definition) is 1. The van der Waals surface area contributed by atoms with E-state index in [1.165, 1.54) is 35.6 Å². The van der Waals surface area contributed by atoms with Crippen LogP contribution < -0.4 is 5.32 Å². The van der Waals surface area contributed by atoms with E-state index in [4.69, 9.17) is 4.42 Å². The first-order chi connectivity index (χ1) is 10.6. The Morgan fingerprint density at radius 2 is 2.09 bits per heavy atom. The normalized spacial score (nSPS) is 10.6. The van der Waals surface area contributed by atoms with E-state index < -0.39 is 0 Å². The summed E-state index contributed by atoms with van der Waals surface area (Å²) in [5.41, 5.74) is 1.28. The highest BCUT2D eigenvalue weighted by Gasteiger charge is 2.13. The van der Waals surface area contributed by atoms with Gasteiger partial charge in [0.1, 0.15) is 5.82 Å². The lowest BCUT2D eigenvalue weighted by Crippen LogP contribution is -2.22. The van der Waals surface area contributed by atoms with Gasteiger partial charge in [-0.25, -0.2) is 9.37 Å². The SMILES string of the molecule is Cc1nc(-c2ccco2)sc1CNC(=O)c1ccc(F)cc1. The summed E-state index contributed by atoms with van der Waals surface area (Å²) in [5, 5.41) is 3.60. The molecule has 0 atom stereocenters. The molecule has 1 aromatic carbocycles. The summed E-state index contributed by atoms with van der Waals surface area (Å²) < 4.78 is 18.2. The molecule has 6 heteroatoms. The van der Waals surface area contributed by atoms with Gasteiger partial charge in [-0.15, -0.1) is 11.3 Å². The van der Waals surface area contributed by atoms with Gasteiger partial charge < -0.3 is 9.73 Å². The van der Waals surface area contributed by atoms with Gasteiger partial charge >= 0.3 is 0 Å². The Morgan fingerprint density at radius 1 is 1.32 bits per heavy atom. The van der Waals surface area contributed by atoms with Gasteiger partial charge in [-0.05, 0) is 43.3 Å². The molecule has 0 aliphatic rings. The molecular formula is C16H13FN2O2S. The minimum Gasteiger partial charge on any atom is -0.462 e. The van der Waals surface area contributed by atoms with Crippen LogP contribution in [0.3, 0.4) is 0 Å². The summed E-state index contributed by atoms with van der Waals surface area (Å²) in [6.45, 7) is 2.27. The first-order valence-corrected chi connectivity index (χ1v) is 7.49. The number of aryl methyl sites for hydroxylation is 1.